The summed E-state index contributed by atoms with van der Waals surface area (Å²) in [6.07, 6.45) is 4.22. The molecule has 0 unspecified atom stereocenters. The molecule has 1 N–H and O–H groups in total. The van der Waals surface area contributed by atoms with Crippen molar-refractivity contribution >= 4 is 10.0 Å². The first-order chi connectivity index (χ1) is 9.94. The lowest BCUT2D eigenvalue weighted by Crippen LogP contribution is -2.31. The predicted molar refractivity (Wildman–Crippen MR) is 83.4 cm³/mol. The molecule has 21 heavy (non-hydrogen) atoms. The molecule has 0 radical (unpaired) electrons. The maximum atomic E-state index is 12.5. The van der Waals surface area contributed by atoms with Gasteiger partial charge in [0.2, 0.25) is 10.0 Å². The Labute approximate surface area is 127 Å². The Balaban J connectivity index is 2.28. The summed E-state index contributed by atoms with van der Waals surface area (Å²) in [5.41, 5.74) is 2.35. The second-order valence-electron chi connectivity index (χ2n) is 5.68. The van der Waals surface area contributed by atoms with Crippen LogP contribution >= 0.6 is 0 Å². The van der Waals surface area contributed by atoms with Crippen LogP contribution in [0.5, 0.6) is 5.75 Å². The molecule has 0 atom stereocenters. The van der Waals surface area contributed by atoms with Gasteiger partial charge in [0, 0.05) is 13.1 Å². The van der Waals surface area contributed by atoms with Gasteiger partial charge in [0.05, 0.1) is 7.11 Å². The monoisotopic (exact) mass is 312 g/mol. The minimum absolute atomic E-state index is 0.254. The normalized spacial score (nSPS) is 15.0. The van der Waals surface area contributed by atoms with Gasteiger partial charge in [-0.3, -0.25) is 0 Å². The van der Waals surface area contributed by atoms with Crippen molar-refractivity contribution in [3.05, 3.63) is 23.3 Å². The van der Waals surface area contributed by atoms with E-state index in [9.17, 15) is 8.42 Å². The molecule has 1 aromatic rings. The summed E-state index contributed by atoms with van der Waals surface area (Å²) >= 11 is 0. The van der Waals surface area contributed by atoms with E-state index < -0.39 is 10.0 Å². The number of rotatable bonds is 6. The Kier molecular flexibility index (Phi) is 5.24. The molecule has 0 saturated carbocycles. The van der Waals surface area contributed by atoms with Crippen molar-refractivity contribution in [2.24, 2.45) is 0 Å². The number of hydrogen-bond donors (Lipinski definition) is 1. The highest BCUT2D eigenvalue weighted by atomic mass is 32.2. The summed E-state index contributed by atoms with van der Waals surface area (Å²) in [7, 11) is 1.80. The third kappa shape index (κ3) is 3.96. The number of sulfonamides is 1. The van der Waals surface area contributed by atoms with Gasteiger partial charge in [-0.25, -0.2) is 13.1 Å². The smallest absolute Gasteiger partial charge is 0.244 e. The molecule has 0 amide bonds. The van der Waals surface area contributed by atoms with Gasteiger partial charge in [0.25, 0.3) is 0 Å². The van der Waals surface area contributed by atoms with Gasteiger partial charge in [0.1, 0.15) is 10.6 Å². The molecule has 1 aromatic carbocycles. The zero-order chi connectivity index (χ0) is 15.5. The van der Waals surface area contributed by atoms with Gasteiger partial charge in [0.15, 0.2) is 0 Å². The molecule has 0 fully saturated rings. The number of aryl methyl sites for hydroxylation is 2. The highest BCUT2D eigenvalue weighted by Crippen LogP contribution is 2.31. The largest absolute Gasteiger partial charge is 0.495 e. The van der Waals surface area contributed by atoms with E-state index in [4.69, 9.17) is 4.74 Å². The van der Waals surface area contributed by atoms with Gasteiger partial charge in [-0.05, 0) is 63.0 Å². The summed E-state index contributed by atoms with van der Waals surface area (Å²) in [5.74, 6) is 0.438. The van der Waals surface area contributed by atoms with Crippen LogP contribution in [0.3, 0.4) is 0 Å². The van der Waals surface area contributed by atoms with Gasteiger partial charge in [-0.1, -0.05) is 0 Å². The second-order valence-corrected chi connectivity index (χ2v) is 7.42. The third-order valence-electron chi connectivity index (χ3n) is 3.77. The van der Waals surface area contributed by atoms with Crippen molar-refractivity contribution in [1.29, 1.82) is 0 Å². The first-order valence-electron chi connectivity index (χ1n) is 7.28. The van der Waals surface area contributed by atoms with Crippen molar-refractivity contribution in [2.45, 2.75) is 30.6 Å². The van der Waals surface area contributed by atoms with Crippen LogP contribution in [0, 0.1) is 0 Å². The molecule has 5 nitrogen and oxygen atoms in total. The fourth-order valence-electron chi connectivity index (χ4n) is 2.59. The summed E-state index contributed by atoms with van der Waals surface area (Å²) in [4.78, 5) is 2.19. The number of benzene rings is 1. The number of nitrogens with zero attached hydrogens (tertiary/aromatic N) is 1. The zero-order valence-electron chi connectivity index (χ0n) is 13.0. The molecule has 1 aliphatic carbocycles. The van der Waals surface area contributed by atoms with E-state index in [1.54, 1.807) is 6.07 Å². The van der Waals surface area contributed by atoms with Crippen molar-refractivity contribution in [2.75, 3.05) is 34.3 Å². The highest BCUT2D eigenvalue weighted by molar-refractivity contribution is 7.89. The molecule has 118 valence electrons. The van der Waals surface area contributed by atoms with E-state index in [1.165, 1.54) is 12.7 Å². The van der Waals surface area contributed by atoms with Crippen LogP contribution in [0.15, 0.2) is 17.0 Å². The Morgan fingerprint density at radius 3 is 2.38 bits per heavy atom. The summed E-state index contributed by atoms with van der Waals surface area (Å²) in [6.45, 7) is 1.04. The van der Waals surface area contributed by atoms with Gasteiger partial charge < -0.3 is 9.64 Å². The number of methoxy groups -OCH3 is 1. The topological polar surface area (TPSA) is 58.6 Å². The van der Waals surface area contributed by atoms with E-state index in [-0.39, 0.29) is 4.90 Å². The summed E-state index contributed by atoms with van der Waals surface area (Å²) in [5, 5.41) is 0. The molecular formula is C15H24N2O3S. The molecule has 0 bridgehead atoms. The Morgan fingerprint density at radius 1 is 1.19 bits per heavy atom. The molecule has 0 spiro atoms. The molecule has 0 heterocycles. The molecule has 6 heteroatoms. The number of nitrogens with one attached hydrogen (secondary N) is 1. The lowest BCUT2D eigenvalue weighted by atomic mass is 9.92. The van der Waals surface area contributed by atoms with Crippen molar-refractivity contribution < 1.29 is 13.2 Å². The Bertz CT molecular complexity index is 597. The van der Waals surface area contributed by atoms with Crippen molar-refractivity contribution in [1.82, 2.24) is 9.62 Å². The van der Waals surface area contributed by atoms with Crippen LogP contribution in [0.1, 0.15) is 24.0 Å². The highest BCUT2D eigenvalue weighted by Gasteiger charge is 2.22. The molecule has 0 saturated heterocycles. The van der Waals surface area contributed by atoms with Crippen LogP contribution in [0.25, 0.3) is 0 Å². The fourth-order valence-corrected chi connectivity index (χ4v) is 3.81. The number of fused-ring (bicyclic) bond motifs is 1. The van der Waals surface area contributed by atoms with Crippen molar-refractivity contribution in [3.8, 4) is 5.75 Å². The molecule has 1 aliphatic rings. The standard InChI is InChI=1S/C15H24N2O3S/c1-17(2)9-8-16-21(18,19)15-11-13-7-5-4-6-12(13)10-14(15)20-3/h10-11,16H,4-9H2,1-3H3. The molecule has 0 aromatic heterocycles. The van der Waals surface area contributed by atoms with Crippen LogP contribution in [0.4, 0.5) is 0 Å². The second kappa shape index (κ2) is 6.77. The van der Waals surface area contributed by atoms with E-state index >= 15 is 0 Å². The zero-order valence-corrected chi connectivity index (χ0v) is 13.8. The lowest BCUT2D eigenvalue weighted by molar-refractivity contribution is 0.399. The lowest BCUT2D eigenvalue weighted by Gasteiger charge is -2.19. The summed E-state index contributed by atoms with van der Waals surface area (Å²) < 4.78 is 32.9. The number of hydrogen-bond acceptors (Lipinski definition) is 4. The van der Waals surface area contributed by atoms with Gasteiger partial charge in [-0.15, -0.1) is 0 Å². The Hall–Kier alpha value is -1.11. The molecular weight excluding hydrogens is 288 g/mol. The number of likely N-dealkylation sites (N-methyl/N-ethyl adjacent to an activating group) is 1. The van der Waals surface area contributed by atoms with E-state index in [1.807, 2.05) is 25.1 Å². The average Bonchev–Trinajstić information content (AvgIpc) is 2.45. The SMILES string of the molecule is COc1cc2c(cc1S(=O)(=O)NCCN(C)C)CCCC2. The average molecular weight is 312 g/mol. The van der Waals surface area contributed by atoms with Crippen LogP contribution in [-0.4, -0.2) is 47.6 Å². The fraction of sp³-hybridized carbons (Fsp3) is 0.600. The van der Waals surface area contributed by atoms with Crippen LogP contribution in [0.2, 0.25) is 0 Å². The van der Waals surface area contributed by atoms with E-state index in [2.05, 4.69) is 4.72 Å². The van der Waals surface area contributed by atoms with E-state index in [0.717, 1.165) is 31.2 Å². The quantitative estimate of drug-likeness (QED) is 0.863. The number of ether oxygens (including phenoxy) is 1. The maximum absolute atomic E-state index is 12.5. The summed E-state index contributed by atoms with van der Waals surface area (Å²) in [6, 6.07) is 3.67. The molecule has 0 aliphatic heterocycles. The predicted octanol–water partition coefficient (Wildman–Crippen LogP) is 1.41. The first-order valence-corrected chi connectivity index (χ1v) is 8.76. The van der Waals surface area contributed by atoms with Gasteiger partial charge in [-0.2, -0.15) is 0 Å². The first kappa shape index (κ1) is 16.3. The minimum atomic E-state index is -3.53. The molecule has 2 rings (SSSR count). The third-order valence-corrected chi connectivity index (χ3v) is 5.25. The van der Waals surface area contributed by atoms with E-state index in [0.29, 0.717) is 18.8 Å². The van der Waals surface area contributed by atoms with Gasteiger partial charge >= 0.3 is 0 Å². The van der Waals surface area contributed by atoms with Crippen LogP contribution in [-0.2, 0) is 22.9 Å². The Morgan fingerprint density at radius 2 is 1.81 bits per heavy atom. The van der Waals surface area contributed by atoms with Crippen LogP contribution < -0.4 is 9.46 Å². The van der Waals surface area contributed by atoms with Crippen molar-refractivity contribution in [3.63, 3.8) is 0 Å². The minimum Gasteiger partial charge on any atom is -0.495 e. The maximum Gasteiger partial charge on any atom is 0.244 e.